The lowest BCUT2D eigenvalue weighted by Crippen LogP contribution is -2.19. The SMILES string of the molecule is C/C(=N/NC(=O)c1cc(-c2ccc(-c3ccccc3)cc2)n[nH]1)c1ccc(F)cc1. The molecule has 1 amide bonds. The lowest BCUT2D eigenvalue weighted by Gasteiger charge is -2.02. The number of hydrazone groups is 1. The van der Waals surface area contributed by atoms with Crippen LogP contribution in [0.4, 0.5) is 4.39 Å². The molecule has 1 aromatic heterocycles. The van der Waals surface area contributed by atoms with Crippen LogP contribution in [-0.4, -0.2) is 21.8 Å². The number of hydrogen-bond donors (Lipinski definition) is 2. The van der Waals surface area contributed by atoms with E-state index in [9.17, 15) is 9.18 Å². The summed E-state index contributed by atoms with van der Waals surface area (Å²) in [5.41, 5.74) is 7.90. The Morgan fingerprint density at radius 3 is 2.23 bits per heavy atom. The van der Waals surface area contributed by atoms with E-state index in [4.69, 9.17) is 0 Å². The minimum absolute atomic E-state index is 0.299. The highest BCUT2D eigenvalue weighted by Gasteiger charge is 2.11. The molecule has 3 aromatic carbocycles. The Bertz CT molecular complexity index is 1180. The number of H-pyrrole nitrogens is 1. The summed E-state index contributed by atoms with van der Waals surface area (Å²) in [5, 5.41) is 11.0. The van der Waals surface area contributed by atoms with Crippen LogP contribution in [0.25, 0.3) is 22.4 Å². The third-order valence-electron chi connectivity index (χ3n) is 4.70. The second-order valence-corrected chi connectivity index (χ2v) is 6.76. The Kier molecular flexibility index (Phi) is 5.48. The molecule has 0 aliphatic heterocycles. The third kappa shape index (κ3) is 4.33. The highest BCUT2D eigenvalue weighted by atomic mass is 19.1. The highest BCUT2D eigenvalue weighted by molar-refractivity contribution is 6.00. The molecular formula is C24H19FN4O. The number of aromatic nitrogens is 2. The van der Waals surface area contributed by atoms with Crippen molar-refractivity contribution in [3.63, 3.8) is 0 Å². The van der Waals surface area contributed by atoms with Gasteiger partial charge >= 0.3 is 0 Å². The molecule has 0 aliphatic carbocycles. The van der Waals surface area contributed by atoms with Crippen LogP contribution in [0.2, 0.25) is 0 Å². The molecule has 2 N–H and O–H groups in total. The van der Waals surface area contributed by atoms with Crippen molar-refractivity contribution in [3.05, 3.63) is 102 Å². The zero-order valence-corrected chi connectivity index (χ0v) is 16.3. The zero-order valence-electron chi connectivity index (χ0n) is 16.3. The van der Waals surface area contributed by atoms with E-state index in [1.54, 1.807) is 25.1 Å². The Balaban J connectivity index is 1.45. The monoisotopic (exact) mass is 398 g/mol. The summed E-state index contributed by atoms with van der Waals surface area (Å²) < 4.78 is 13.0. The molecule has 30 heavy (non-hydrogen) atoms. The van der Waals surface area contributed by atoms with E-state index < -0.39 is 5.91 Å². The Labute approximate surface area is 173 Å². The minimum atomic E-state index is -0.406. The number of nitrogens with one attached hydrogen (secondary N) is 2. The number of nitrogens with zero attached hydrogens (tertiary/aromatic N) is 2. The van der Waals surface area contributed by atoms with E-state index in [-0.39, 0.29) is 5.82 Å². The van der Waals surface area contributed by atoms with E-state index >= 15 is 0 Å². The predicted octanol–water partition coefficient (Wildman–Crippen LogP) is 5.04. The topological polar surface area (TPSA) is 70.1 Å². The molecule has 0 unspecified atom stereocenters. The molecular weight excluding hydrogens is 379 g/mol. The van der Waals surface area contributed by atoms with Gasteiger partial charge < -0.3 is 0 Å². The number of amides is 1. The zero-order chi connectivity index (χ0) is 20.9. The maximum absolute atomic E-state index is 13.0. The van der Waals surface area contributed by atoms with Crippen molar-refractivity contribution in [2.45, 2.75) is 6.92 Å². The molecule has 148 valence electrons. The largest absolute Gasteiger partial charge is 0.289 e. The maximum Gasteiger partial charge on any atom is 0.289 e. The van der Waals surface area contributed by atoms with Crippen molar-refractivity contribution in [1.29, 1.82) is 0 Å². The van der Waals surface area contributed by atoms with Crippen molar-refractivity contribution in [2.24, 2.45) is 5.10 Å². The first kappa shape index (κ1) is 19.3. The number of carbonyl (C=O) groups excluding carboxylic acids is 1. The van der Waals surface area contributed by atoms with Crippen LogP contribution in [0.15, 0.2) is 90.0 Å². The summed E-state index contributed by atoms with van der Waals surface area (Å²) in [5.74, 6) is -0.728. The van der Waals surface area contributed by atoms with Gasteiger partial charge in [-0.05, 0) is 41.8 Å². The van der Waals surface area contributed by atoms with E-state index in [2.05, 4.69) is 32.9 Å². The molecule has 4 rings (SSSR count). The first-order chi connectivity index (χ1) is 14.6. The number of hydrogen-bond acceptors (Lipinski definition) is 3. The van der Waals surface area contributed by atoms with Crippen molar-refractivity contribution in [2.75, 3.05) is 0 Å². The van der Waals surface area contributed by atoms with Gasteiger partial charge in [-0.15, -0.1) is 0 Å². The Morgan fingerprint density at radius 1 is 0.900 bits per heavy atom. The van der Waals surface area contributed by atoms with Gasteiger partial charge in [-0.3, -0.25) is 9.89 Å². The van der Waals surface area contributed by atoms with E-state index in [1.165, 1.54) is 12.1 Å². The standard InChI is InChI=1S/C24H19FN4O/c1-16(17-11-13-21(25)14-12-17)26-29-24(30)23-15-22(27-28-23)20-9-7-19(8-10-20)18-5-3-2-4-6-18/h2-15H,1H3,(H,27,28)(H,29,30)/b26-16-. The van der Waals surface area contributed by atoms with Gasteiger partial charge in [0.15, 0.2) is 0 Å². The average molecular weight is 398 g/mol. The normalized spacial score (nSPS) is 11.3. The van der Waals surface area contributed by atoms with Gasteiger partial charge in [-0.1, -0.05) is 66.7 Å². The maximum atomic E-state index is 13.0. The molecule has 0 aliphatic rings. The van der Waals surface area contributed by atoms with Gasteiger partial charge in [-0.2, -0.15) is 10.2 Å². The first-order valence-electron chi connectivity index (χ1n) is 9.42. The number of halogens is 1. The summed E-state index contributed by atoms with van der Waals surface area (Å²) in [4.78, 5) is 12.4. The summed E-state index contributed by atoms with van der Waals surface area (Å²) in [6.07, 6.45) is 0. The lowest BCUT2D eigenvalue weighted by atomic mass is 10.0. The Morgan fingerprint density at radius 2 is 1.53 bits per heavy atom. The van der Waals surface area contributed by atoms with Crippen molar-refractivity contribution < 1.29 is 9.18 Å². The van der Waals surface area contributed by atoms with Crippen molar-refractivity contribution in [3.8, 4) is 22.4 Å². The molecule has 0 saturated heterocycles. The second kappa shape index (κ2) is 8.53. The fourth-order valence-corrected chi connectivity index (χ4v) is 3.00. The van der Waals surface area contributed by atoms with Crippen LogP contribution in [-0.2, 0) is 0 Å². The summed E-state index contributed by atoms with van der Waals surface area (Å²) in [6, 6.07) is 25.7. The van der Waals surface area contributed by atoms with Gasteiger partial charge in [0.1, 0.15) is 11.5 Å². The van der Waals surface area contributed by atoms with Crippen molar-refractivity contribution >= 4 is 11.6 Å². The smallest absolute Gasteiger partial charge is 0.272 e. The molecule has 0 spiro atoms. The number of rotatable bonds is 5. The van der Waals surface area contributed by atoms with Crippen LogP contribution in [0, 0.1) is 5.82 Å². The van der Waals surface area contributed by atoms with Gasteiger partial charge in [0, 0.05) is 5.56 Å². The molecule has 0 saturated carbocycles. The molecule has 4 aromatic rings. The quantitative estimate of drug-likeness (QED) is 0.365. The first-order valence-corrected chi connectivity index (χ1v) is 9.42. The summed E-state index contributed by atoms with van der Waals surface area (Å²) in [6.45, 7) is 1.74. The van der Waals surface area contributed by atoms with Crippen LogP contribution < -0.4 is 5.43 Å². The van der Waals surface area contributed by atoms with Crippen LogP contribution in [0.1, 0.15) is 23.0 Å². The lowest BCUT2D eigenvalue weighted by molar-refractivity contribution is 0.0950. The van der Waals surface area contributed by atoms with Gasteiger partial charge in [-0.25, -0.2) is 9.82 Å². The van der Waals surface area contributed by atoms with E-state index in [0.717, 1.165) is 22.3 Å². The van der Waals surface area contributed by atoms with Crippen LogP contribution >= 0.6 is 0 Å². The molecule has 6 heteroatoms. The van der Waals surface area contributed by atoms with Crippen LogP contribution in [0.3, 0.4) is 0 Å². The van der Waals surface area contributed by atoms with Crippen molar-refractivity contribution in [1.82, 2.24) is 15.6 Å². The number of aromatic amines is 1. The number of benzene rings is 3. The van der Waals surface area contributed by atoms with Gasteiger partial charge in [0.05, 0.1) is 11.4 Å². The van der Waals surface area contributed by atoms with E-state index in [1.807, 2.05) is 42.5 Å². The molecule has 0 fully saturated rings. The average Bonchev–Trinajstić information content (AvgIpc) is 3.29. The minimum Gasteiger partial charge on any atom is -0.272 e. The fourth-order valence-electron chi connectivity index (χ4n) is 3.00. The Hall–Kier alpha value is -4.06. The second-order valence-electron chi connectivity index (χ2n) is 6.76. The highest BCUT2D eigenvalue weighted by Crippen LogP contribution is 2.24. The molecule has 5 nitrogen and oxygen atoms in total. The predicted molar refractivity (Wildman–Crippen MR) is 116 cm³/mol. The van der Waals surface area contributed by atoms with Gasteiger partial charge in [0.2, 0.25) is 0 Å². The summed E-state index contributed by atoms with van der Waals surface area (Å²) in [7, 11) is 0. The fraction of sp³-hybridized carbons (Fsp3) is 0.0417. The molecule has 1 heterocycles. The molecule has 0 bridgehead atoms. The van der Waals surface area contributed by atoms with E-state index in [0.29, 0.717) is 17.1 Å². The third-order valence-corrected chi connectivity index (χ3v) is 4.70. The summed E-state index contributed by atoms with van der Waals surface area (Å²) >= 11 is 0. The van der Waals surface area contributed by atoms with Gasteiger partial charge in [0.25, 0.3) is 5.91 Å². The molecule has 0 atom stereocenters. The van der Waals surface area contributed by atoms with Crippen LogP contribution in [0.5, 0.6) is 0 Å². The molecule has 0 radical (unpaired) electrons. The number of carbonyl (C=O) groups is 1.